The molecule has 0 saturated heterocycles. The summed E-state index contributed by atoms with van der Waals surface area (Å²) in [4.78, 5) is 33.9. The number of nitrogens with one attached hydrogen (secondary N) is 1. The molecular formula is C18H18N2O8S. The standard InChI is InChI=1S/C18H18N2O8S/c1-3-27-17(21)12-5-10-15(18(22)28-4-2)16(11-12)19-29(25,26)14-8-6-13(7-9-14)20(23)24/h5-11,19H,3-4H2,1-2H3. The lowest BCUT2D eigenvalue weighted by molar-refractivity contribution is -0.384. The molecule has 11 heteroatoms. The fourth-order valence-corrected chi connectivity index (χ4v) is 3.38. The van der Waals surface area contributed by atoms with Gasteiger partial charge in [-0.3, -0.25) is 14.8 Å². The van der Waals surface area contributed by atoms with Crippen LogP contribution in [0.2, 0.25) is 0 Å². The molecule has 0 unspecified atom stereocenters. The second-order valence-corrected chi connectivity index (χ2v) is 7.24. The Balaban J connectivity index is 2.46. The van der Waals surface area contributed by atoms with E-state index in [2.05, 4.69) is 4.72 Å². The number of non-ortho nitro benzene ring substituents is 1. The molecule has 0 atom stereocenters. The van der Waals surface area contributed by atoms with Crippen molar-refractivity contribution >= 4 is 33.3 Å². The Labute approximate surface area is 166 Å². The number of nitro groups is 1. The highest BCUT2D eigenvalue weighted by atomic mass is 32.2. The van der Waals surface area contributed by atoms with Gasteiger partial charge in [0.05, 0.1) is 39.8 Å². The lowest BCUT2D eigenvalue weighted by Gasteiger charge is -2.13. The third-order valence-corrected chi connectivity index (χ3v) is 5.01. The maximum absolute atomic E-state index is 12.7. The molecule has 10 nitrogen and oxygen atoms in total. The summed E-state index contributed by atoms with van der Waals surface area (Å²) < 4.78 is 37.4. The second kappa shape index (κ2) is 9.15. The van der Waals surface area contributed by atoms with Crippen LogP contribution in [-0.4, -0.2) is 38.5 Å². The van der Waals surface area contributed by atoms with E-state index >= 15 is 0 Å². The van der Waals surface area contributed by atoms with Gasteiger partial charge in [0.2, 0.25) is 0 Å². The van der Waals surface area contributed by atoms with Crippen molar-refractivity contribution < 1.29 is 32.4 Å². The van der Waals surface area contributed by atoms with Crippen LogP contribution in [0.3, 0.4) is 0 Å². The molecule has 29 heavy (non-hydrogen) atoms. The predicted molar refractivity (Wildman–Crippen MR) is 102 cm³/mol. The van der Waals surface area contributed by atoms with Gasteiger partial charge >= 0.3 is 11.9 Å². The van der Waals surface area contributed by atoms with E-state index in [-0.39, 0.29) is 40.6 Å². The van der Waals surface area contributed by atoms with Crippen LogP contribution in [0, 0.1) is 10.1 Å². The first-order chi connectivity index (χ1) is 13.7. The van der Waals surface area contributed by atoms with Crippen molar-refractivity contribution in [3.8, 4) is 0 Å². The molecule has 2 aromatic carbocycles. The zero-order valence-corrected chi connectivity index (χ0v) is 16.4. The maximum atomic E-state index is 12.7. The Bertz CT molecular complexity index is 1030. The van der Waals surface area contributed by atoms with E-state index < -0.39 is 26.9 Å². The number of benzene rings is 2. The fourth-order valence-electron chi connectivity index (χ4n) is 2.31. The van der Waals surface area contributed by atoms with E-state index in [1.54, 1.807) is 13.8 Å². The summed E-state index contributed by atoms with van der Waals surface area (Å²) in [5.41, 5.74) is -0.542. The van der Waals surface area contributed by atoms with Crippen LogP contribution in [0.25, 0.3) is 0 Å². The van der Waals surface area contributed by atoms with Gasteiger partial charge in [-0.05, 0) is 44.2 Å². The predicted octanol–water partition coefficient (Wildman–Crippen LogP) is 2.75. The van der Waals surface area contributed by atoms with Gasteiger partial charge < -0.3 is 9.47 Å². The van der Waals surface area contributed by atoms with Crippen LogP contribution in [-0.2, 0) is 19.5 Å². The van der Waals surface area contributed by atoms with Gasteiger partial charge in [-0.25, -0.2) is 18.0 Å². The summed E-state index contributed by atoms with van der Waals surface area (Å²) in [6.07, 6.45) is 0. The van der Waals surface area contributed by atoms with Crippen molar-refractivity contribution in [1.82, 2.24) is 0 Å². The number of rotatable bonds is 8. The summed E-state index contributed by atoms with van der Waals surface area (Å²) in [6, 6.07) is 7.91. The molecule has 0 spiro atoms. The van der Waals surface area contributed by atoms with Gasteiger partial charge in [0.25, 0.3) is 15.7 Å². The molecule has 154 valence electrons. The van der Waals surface area contributed by atoms with Crippen molar-refractivity contribution in [2.45, 2.75) is 18.7 Å². The van der Waals surface area contributed by atoms with E-state index in [0.29, 0.717) is 0 Å². The molecule has 0 radical (unpaired) electrons. The summed E-state index contributed by atoms with van der Waals surface area (Å²) >= 11 is 0. The van der Waals surface area contributed by atoms with Gasteiger partial charge in [-0.1, -0.05) is 0 Å². The summed E-state index contributed by atoms with van der Waals surface area (Å²) in [7, 11) is -4.21. The highest BCUT2D eigenvalue weighted by molar-refractivity contribution is 7.92. The van der Waals surface area contributed by atoms with Crippen LogP contribution in [0.1, 0.15) is 34.6 Å². The molecule has 1 N–H and O–H groups in total. The Morgan fingerprint density at radius 3 is 2.14 bits per heavy atom. The van der Waals surface area contributed by atoms with Gasteiger partial charge in [-0.15, -0.1) is 0 Å². The molecule has 0 fully saturated rings. The van der Waals surface area contributed by atoms with Crippen LogP contribution in [0.5, 0.6) is 0 Å². The molecule has 0 bridgehead atoms. The lowest BCUT2D eigenvalue weighted by atomic mass is 10.1. The SMILES string of the molecule is CCOC(=O)c1ccc(C(=O)OCC)c(NS(=O)(=O)c2ccc([N+](=O)[O-])cc2)c1. The van der Waals surface area contributed by atoms with Gasteiger partial charge in [0, 0.05) is 12.1 Å². The molecular weight excluding hydrogens is 404 g/mol. The fraction of sp³-hybridized carbons (Fsp3) is 0.222. The molecule has 0 aromatic heterocycles. The maximum Gasteiger partial charge on any atom is 0.340 e. The number of sulfonamides is 1. The van der Waals surface area contributed by atoms with Crippen LogP contribution >= 0.6 is 0 Å². The lowest BCUT2D eigenvalue weighted by Crippen LogP contribution is -2.17. The molecule has 0 aliphatic heterocycles. The molecule has 2 rings (SSSR count). The molecule has 0 heterocycles. The summed E-state index contributed by atoms with van der Waals surface area (Å²) in [5, 5.41) is 10.7. The minimum atomic E-state index is -4.21. The normalized spacial score (nSPS) is 10.8. The van der Waals surface area contributed by atoms with Crippen LogP contribution in [0.4, 0.5) is 11.4 Å². The number of nitro benzene ring substituents is 1. The van der Waals surface area contributed by atoms with E-state index in [1.807, 2.05) is 0 Å². The Hall–Kier alpha value is -3.47. The van der Waals surface area contributed by atoms with Gasteiger partial charge in [0.1, 0.15) is 0 Å². The minimum Gasteiger partial charge on any atom is -0.462 e. The number of esters is 2. The second-order valence-electron chi connectivity index (χ2n) is 5.56. The Kier molecular flexibility index (Phi) is 6.89. The minimum absolute atomic E-state index is 0.0290. The van der Waals surface area contributed by atoms with Crippen molar-refractivity contribution in [1.29, 1.82) is 0 Å². The van der Waals surface area contributed by atoms with Crippen molar-refractivity contribution in [2.75, 3.05) is 17.9 Å². The van der Waals surface area contributed by atoms with E-state index in [4.69, 9.17) is 9.47 Å². The first-order valence-electron chi connectivity index (χ1n) is 8.45. The summed E-state index contributed by atoms with van der Waals surface area (Å²) in [6.45, 7) is 3.38. The largest absolute Gasteiger partial charge is 0.462 e. The third kappa shape index (κ3) is 5.29. The van der Waals surface area contributed by atoms with Crippen LogP contribution < -0.4 is 4.72 Å². The molecule has 0 aliphatic rings. The average molecular weight is 422 g/mol. The van der Waals surface area contributed by atoms with Crippen molar-refractivity contribution in [3.05, 3.63) is 63.7 Å². The number of carbonyl (C=O) groups is 2. The molecule has 2 aromatic rings. The number of ether oxygens (including phenoxy) is 2. The van der Waals surface area contributed by atoms with E-state index in [1.165, 1.54) is 12.1 Å². The van der Waals surface area contributed by atoms with E-state index in [9.17, 15) is 28.1 Å². The molecule has 0 aliphatic carbocycles. The summed E-state index contributed by atoms with van der Waals surface area (Å²) in [5.74, 6) is -1.48. The van der Waals surface area contributed by atoms with Crippen molar-refractivity contribution in [2.24, 2.45) is 0 Å². The quantitative estimate of drug-likeness (QED) is 0.389. The number of nitrogens with zero attached hydrogens (tertiary/aromatic N) is 1. The highest BCUT2D eigenvalue weighted by Crippen LogP contribution is 2.24. The number of hydrogen-bond donors (Lipinski definition) is 1. The molecule has 0 saturated carbocycles. The topological polar surface area (TPSA) is 142 Å². The van der Waals surface area contributed by atoms with Crippen LogP contribution in [0.15, 0.2) is 47.4 Å². The first-order valence-corrected chi connectivity index (χ1v) is 9.93. The monoisotopic (exact) mass is 422 g/mol. The Morgan fingerprint density at radius 2 is 1.59 bits per heavy atom. The Morgan fingerprint density at radius 1 is 1.00 bits per heavy atom. The zero-order valence-electron chi connectivity index (χ0n) is 15.6. The number of carbonyl (C=O) groups excluding carboxylic acids is 2. The molecule has 0 amide bonds. The van der Waals surface area contributed by atoms with Crippen molar-refractivity contribution in [3.63, 3.8) is 0 Å². The zero-order chi connectivity index (χ0) is 21.6. The third-order valence-electron chi connectivity index (χ3n) is 3.63. The highest BCUT2D eigenvalue weighted by Gasteiger charge is 2.22. The number of anilines is 1. The van der Waals surface area contributed by atoms with Gasteiger partial charge in [0.15, 0.2) is 0 Å². The number of hydrogen-bond acceptors (Lipinski definition) is 8. The average Bonchev–Trinajstić information content (AvgIpc) is 2.68. The van der Waals surface area contributed by atoms with E-state index in [0.717, 1.165) is 30.3 Å². The smallest absolute Gasteiger partial charge is 0.340 e. The first kappa shape index (κ1) is 21.8. The van der Waals surface area contributed by atoms with Gasteiger partial charge in [-0.2, -0.15) is 0 Å².